The van der Waals surface area contributed by atoms with Gasteiger partial charge in [-0.25, -0.2) is 0 Å². The monoisotopic (exact) mass is 289 g/mol. The average molecular weight is 289 g/mol. The number of ether oxygens (including phenoxy) is 1. The Morgan fingerprint density at radius 3 is 2.86 bits per heavy atom. The third kappa shape index (κ3) is 4.85. The van der Waals surface area contributed by atoms with Gasteiger partial charge in [-0.15, -0.1) is 0 Å². The van der Waals surface area contributed by atoms with E-state index in [1.165, 1.54) is 38.8 Å². The Morgan fingerprint density at radius 2 is 2.10 bits per heavy atom. The van der Waals surface area contributed by atoms with Crippen LogP contribution in [0.5, 0.6) is 5.75 Å². The summed E-state index contributed by atoms with van der Waals surface area (Å²) in [5.41, 5.74) is 0.680. The molecule has 0 amide bonds. The first-order valence-corrected chi connectivity index (χ1v) is 8.15. The molecule has 1 aliphatic rings. The van der Waals surface area contributed by atoms with E-state index in [0.29, 0.717) is 17.9 Å². The van der Waals surface area contributed by atoms with Crippen LogP contribution in [0.4, 0.5) is 0 Å². The molecule has 1 aromatic carbocycles. The van der Waals surface area contributed by atoms with Gasteiger partial charge in [-0.1, -0.05) is 25.5 Å². The topological polar surface area (TPSA) is 29.5 Å². The number of Topliss-reactive ketones (excluding diaryl/α,β-unsaturated/α-hetero) is 1. The van der Waals surface area contributed by atoms with E-state index in [4.69, 9.17) is 4.74 Å². The fourth-order valence-corrected chi connectivity index (χ4v) is 3.02. The molecule has 0 aromatic heterocycles. The number of para-hydroxylation sites is 1. The molecular weight excluding hydrogens is 262 g/mol. The maximum Gasteiger partial charge on any atom is 0.163 e. The molecule has 1 saturated heterocycles. The second-order valence-corrected chi connectivity index (χ2v) is 5.95. The summed E-state index contributed by atoms with van der Waals surface area (Å²) < 4.78 is 5.83. The first-order chi connectivity index (χ1) is 10.2. The van der Waals surface area contributed by atoms with Gasteiger partial charge in [-0.05, 0) is 57.3 Å². The van der Waals surface area contributed by atoms with Crippen LogP contribution in [-0.2, 0) is 0 Å². The normalized spacial score (nSPS) is 20.0. The number of nitrogens with zero attached hydrogens (tertiary/aromatic N) is 1. The van der Waals surface area contributed by atoms with Gasteiger partial charge in [0.1, 0.15) is 12.4 Å². The van der Waals surface area contributed by atoms with E-state index < -0.39 is 0 Å². The molecule has 116 valence electrons. The van der Waals surface area contributed by atoms with Gasteiger partial charge < -0.3 is 4.74 Å². The molecule has 0 spiro atoms. The Hall–Kier alpha value is -1.35. The van der Waals surface area contributed by atoms with Crippen LogP contribution < -0.4 is 4.74 Å². The van der Waals surface area contributed by atoms with Crippen molar-refractivity contribution in [1.82, 2.24) is 4.90 Å². The number of carbonyl (C=O) groups is 1. The van der Waals surface area contributed by atoms with Crippen LogP contribution in [0, 0.1) is 5.92 Å². The fourth-order valence-electron chi connectivity index (χ4n) is 3.02. The van der Waals surface area contributed by atoms with Crippen LogP contribution in [0.3, 0.4) is 0 Å². The smallest absolute Gasteiger partial charge is 0.163 e. The lowest BCUT2D eigenvalue weighted by atomic mass is 9.98. The standard InChI is InChI=1S/C18H27NO2/c1-3-16-7-6-11-19(12-10-16)13-14-21-18-9-5-4-8-17(18)15(2)20/h4-5,8-9,16H,3,6-7,10-14H2,1-2H3. The van der Waals surface area contributed by atoms with Crippen LogP contribution >= 0.6 is 0 Å². The zero-order valence-electron chi connectivity index (χ0n) is 13.3. The molecule has 0 N–H and O–H groups in total. The van der Waals surface area contributed by atoms with Gasteiger partial charge >= 0.3 is 0 Å². The molecule has 0 bridgehead atoms. The summed E-state index contributed by atoms with van der Waals surface area (Å²) in [5, 5.41) is 0. The van der Waals surface area contributed by atoms with Crippen molar-refractivity contribution in [3.05, 3.63) is 29.8 Å². The summed E-state index contributed by atoms with van der Waals surface area (Å²) in [6, 6.07) is 7.50. The highest BCUT2D eigenvalue weighted by molar-refractivity contribution is 5.96. The maximum atomic E-state index is 11.6. The van der Waals surface area contributed by atoms with Gasteiger partial charge in [0.25, 0.3) is 0 Å². The molecule has 3 heteroatoms. The predicted octanol–water partition coefficient (Wildman–Crippen LogP) is 3.78. The van der Waals surface area contributed by atoms with E-state index in [2.05, 4.69) is 11.8 Å². The number of ketones is 1. The summed E-state index contributed by atoms with van der Waals surface area (Å²) in [4.78, 5) is 14.0. The lowest BCUT2D eigenvalue weighted by Crippen LogP contribution is -2.29. The molecule has 2 rings (SSSR count). The highest BCUT2D eigenvalue weighted by Gasteiger charge is 2.15. The molecule has 0 aliphatic carbocycles. The van der Waals surface area contributed by atoms with Gasteiger partial charge in [-0.3, -0.25) is 9.69 Å². The minimum Gasteiger partial charge on any atom is -0.491 e. The van der Waals surface area contributed by atoms with E-state index in [9.17, 15) is 4.79 Å². The fraction of sp³-hybridized carbons (Fsp3) is 0.611. The number of rotatable bonds is 6. The molecule has 0 radical (unpaired) electrons. The van der Waals surface area contributed by atoms with Crippen molar-refractivity contribution in [3.63, 3.8) is 0 Å². The Balaban J connectivity index is 1.80. The zero-order valence-corrected chi connectivity index (χ0v) is 13.3. The highest BCUT2D eigenvalue weighted by Crippen LogP contribution is 2.21. The molecule has 1 heterocycles. The molecule has 1 aromatic rings. The molecule has 21 heavy (non-hydrogen) atoms. The van der Waals surface area contributed by atoms with Crippen molar-refractivity contribution >= 4 is 5.78 Å². The molecule has 3 nitrogen and oxygen atoms in total. The molecule has 0 saturated carbocycles. The Labute approximate surface area is 128 Å². The highest BCUT2D eigenvalue weighted by atomic mass is 16.5. The summed E-state index contributed by atoms with van der Waals surface area (Å²) in [6.07, 6.45) is 5.26. The van der Waals surface area contributed by atoms with Gasteiger partial charge in [0.2, 0.25) is 0 Å². The van der Waals surface area contributed by atoms with Gasteiger partial charge in [0, 0.05) is 6.54 Å². The third-order valence-electron chi connectivity index (χ3n) is 4.45. The molecular formula is C18H27NO2. The second kappa shape index (κ2) is 8.18. The number of hydrogen-bond acceptors (Lipinski definition) is 3. The Kier molecular flexibility index (Phi) is 6.24. The van der Waals surface area contributed by atoms with Crippen molar-refractivity contribution < 1.29 is 9.53 Å². The van der Waals surface area contributed by atoms with Gasteiger partial charge in [0.15, 0.2) is 5.78 Å². The third-order valence-corrected chi connectivity index (χ3v) is 4.45. The van der Waals surface area contributed by atoms with Crippen LogP contribution in [0.1, 0.15) is 49.9 Å². The quantitative estimate of drug-likeness (QED) is 0.746. The summed E-state index contributed by atoms with van der Waals surface area (Å²) in [7, 11) is 0. The van der Waals surface area contributed by atoms with Crippen molar-refractivity contribution in [3.8, 4) is 5.75 Å². The number of hydrogen-bond donors (Lipinski definition) is 0. The van der Waals surface area contributed by atoms with E-state index in [1.807, 2.05) is 24.3 Å². The largest absolute Gasteiger partial charge is 0.491 e. The maximum absolute atomic E-state index is 11.6. The van der Waals surface area contributed by atoms with Crippen LogP contribution in [-0.4, -0.2) is 36.9 Å². The minimum atomic E-state index is 0.0613. The van der Waals surface area contributed by atoms with Crippen LogP contribution in [0.15, 0.2) is 24.3 Å². The molecule has 1 aliphatic heterocycles. The van der Waals surface area contributed by atoms with Crippen LogP contribution in [0.2, 0.25) is 0 Å². The van der Waals surface area contributed by atoms with Crippen molar-refractivity contribution in [1.29, 1.82) is 0 Å². The van der Waals surface area contributed by atoms with E-state index in [0.717, 1.165) is 12.5 Å². The first kappa shape index (κ1) is 16.0. The van der Waals surface area contributed by atoms with Crippen LogP contribution in [0.25, 0.3) is 0 Å². The Morgan fingerprint density at radius 1 is 1.29 bits per heavy atom. The first-order valence-electron chi connectivity index (χ1n) is 8.15. The number of carbonyl (C=O) groups excluding carboxylic acids is 1. The predicted molar refractivity (Wildman–Crippen MR) is 86.0 cm³/mol. The summed E-state index contributed by atoms with van der Waals surface area (Å²) in [6.45, 7) is 7.83. The lowest BCUT2D eigenvalue weighted by molar-refractivity contribution is 0.101. The van der Waals surface area contributed by atoms with Crippen molar-refractivity contribution in [2.45, 2.75) is 39.5 Å². The number of benzene rings is 1. The Bertz CT molecular complexity index is 458. The average Bonchev–Trinajstić information content (AvgIpc) is 2.73. The van der Waals surface area contributed by atoms with Gasteiger partial charge in [-0.2, -0.15) is 0 Å². The molecule has 1 unspecified atom stereocenters. The molecule has 1 fully saturated rings. The molecule has 1 atom stereocenters. The van der Waals surface area contributed by atoms with E-state index in [-0.39, 0.29) is 5.78 Å². The minimum absolute atomic E-state index is 0.0613. The van der Waals surface area contributed by atoms with E-state index in [1.54, 1.807) is 6.92 Å². The van der Waals surface area contributed by atoms with Crippen molar-refractivity contribution in [2.75, 3.05) is 26.2 Å². The summed E-state index contributed by atoms with van der Waals surface area (Å²) >= 11 is 0. The lowest BCUT2D eigenvalue weighted by Gasteiger charge is -2.20. The van der Waals surface area contributed by atoms with Gasteiger partial charge in [0.05, 0.1) is 5.56 Å². The second-order valence-electron chi connectivity index (χ2n) is 5.95. The zero-order chi connectivity index (χ0) is 15.1. The van der Waals surface area contributed by atoms with E-state index >= 15 is 0 Å². The summed E-state index contributed by atoms with van der Waals surface area (Å²) in [5.74, 6) is 1.67. The number of likely N-dealkylation sites (tertiary alicyclic amines) is 1. The SMILES string of the molecule is CCC1CCCN(CCOc2ccccc2C(C)=O)CC1. The van der Waals surface area contributed by atoms with Crippen molar-refractivity contribution in [2.24, 2.45) is 5.92 Å².